The molecule has 0 aromatic heterocycles. The molecule has 3 N–H and O–H groups in total. The van der Waals surface area contributed by atoms with Crippen LogP contribution in [0.4, 0.5) is 0 Å². The van der Waals surface area contributed by atoms with Crippen LogP contribution in [0.5, 0.6) is 0 Å². The predicted octanol–water partition coefficient (Wildman–Crippen LogP) is 1.91. The van der Waals surface area contributed by atoms with E-state index in [9.17, 15) is 13.2 Å². The molecule has 0 aliphatic heterocycles. The zero-order valence-electron chi connectivity index (χ0n) is 11.1. The van der Waals surface area contributed by atoms with Crippen molar-refractivity contribution in [3.8, 4) is 0 Å². The number of primary sulfonamides is 1. The first-order valence-electron chi connectivity index (χ1n) is 6.31. The van der Waals surface area contributed by atoms with Crippen LogP contribution < -0.4 is 10.5 Å². The van der Waals surface area contributed by atoms with Crippen LogP contribution in [-0.2, 0) is 10.0 Å². The van der Waals surface area contributed by atoms with E-state index in [-0.39, 0.29) is 26.8 Å². The Morgan fingerprint density at radius 1 is 1.40 bits per heavy atom. The number of halogens is 1. The largest absolute Gasteiger partial charge is 0.351 e. The molecule has 1 amide bonds. The maximum absolute atomic E-state index is 12.1. The maximum Gasteiger partial charge on any atom is 0.251 e. The quantitative estimate of drug-likeness (QED) is 0.889. The van der Waals surface area contributed by atoms with Gasteiger partial charge in [-0.3, -0.25) is 4.79 Å². The number of hydrogen-bond donors (Lipinski definition) is 2. The number of sulfonamides is 1. The molecule has 0 atom stereocenters. The van der Waals surface area contributed by atoms with E-state index >= 15 is 0 Å². The highest BCUT2D eigenvalue weighted by Crippen LogP contribution is 2.39. The number of amides is 1. The third kappa shape index (κ3) is 3.50. The van der Waals surface area contributed by atoms with E-state index in [2.05, 4.69) is 12.2 Å². The average molecular weight is 317 g/mol. The molecule has 0 spiro atoms. The second-order valence-electron chi connectivity index (χ2n) is 5.57. The molecule has 0 saturated heterocycles. The molecule has 2 rings (SSSR count). The van der Waals surface area contributed by atoms with Crippen molar-refractivity contribution in [3.05, 3.63) is 28.8 Å². The number of rotatable bonds is 4. The van der Waals surface area contributed by atoms with Crippen LogP contribution in [0.2, 0.25) is 5.02 Å². The number of carbonyl (C=O) groups is 1. The van der Waals surface area contributed by atoms with Crippen LogP contribution in [0, 0.1) is 5.41 Å². The minimum atomic E-state index is -3.88. The fourth-order valence-electron chi connectivity index (χ4n) is 2.21. The predicted molar refractivity (Wildman–Crippen MR) is 77.1 cm³/mol. The van der Waals surface area contributed by atoms with Crippen molar-refractivity contribution in [3.63, 3.8) is 0 Å². The minimum absolute atomic E-state index is 0.150. The van der Waals surface area contributed by atoms with Gasteiger partial charge in [-0.1, -0.05) is 24.9 Å². The summed E-state index contributed by atoms with van der Waals surface area (Å²) in [5.74, 6) is -0.342. The fraction of sp³-hybridized carbons (Fsp3) is 0.462. The van der Waals surface area contributed by atoms with E-state index in [1.165, 1.54) is 24.6 Å². The normalized spacial score (nSPS) is 17.4. The van der Waals surface area contributed by atoms with Gasteiger partial charge in [0.25, 0.3) is 5.91 Å². The lowest BCUT2D eigenvalue weighted by Crippen LogP contribution is -2.40. The van der Waals surface area contributed by atoms with E-state index in [0.717, 1.165) is 12.8 Å². The molecule has 1 fully saturated rings. The summed E-state index contributed by atoms with van der Waals surface area (Å²) in [4.78, 5) is 11.9. The van der Waals surface area contributed by atoms with E-state index in [1.807, 2.05) is 0 Å². The summed E-state index contributed by atoms with van der Waals surface area (Å²) >= 11 is 5.83. The first-order chi connectivity index (χ1) is 9.20. The summed E-state index contributed by atoms with van der Waals surface area (Å²) in [5.41, 5.74) is 0.348. The van der Waals surface area contributed by atoms with Gasteiger partial charge in [0, 0.05) is 17.1 Å². The highest BCUT2D eigenvalue weighted by molar-refractivity contribution is 7.89. The summed E-state index contributed by atoms with van der Waals surface area (Å²) in [6.45, 7) is 2.69. The molecule has 0 unspecified atom stereocenters. The SMILES string of the molecule is CC1(CNC(=O)c2cc(Cl)cc(S(N)(=O)=O)c2)CCC1. The second kappa shape index (κ2) is 5.35. The molecule has 20 heavy (non-hydrogen) atoms. The van der Waals surface area contributed by atoms with E-state index < -0.39 is 10.0 Å². The highest BCUT2D eigenvalue weighted by atomic mass is 35.5. The van der Waals surface area contributed by atoms with Gasteiger partial charge < -0.3 is 5.32 Å². The summed E-state index contributed by atoms with van der Waals surface area (Å²) in [7, 11) is -3.88. The summed E-state index contributed by atoms with van der Waals surface area (Å²) in [6, 6.07) is 3.88. The Hall–Kier alpha value is -1.11. The molecular formula is C13H17ClN2O3S. The van der Waals surface area contributed by atoms with E-state index in [4.69, 9.17) is 16.7 Å². The molecule has 7 heteroatoms. The molecule has 1 aliphatic carbocycles. The maximum atomic E-state index is 12.1. The van der Waals surface area contributed by atoms with Gasteiger partial charge in [-0.05, 0) is 36.5 Å². The molecule has 0 radical (unpaired) electrons. The number of hydrogen-bond acceptors (Lipinski definition) is 3. The monoisotopic (exact) mass is 316 g/mol. The van der Waals surface area contributed by atoms with Crippen molar-refractivity contribution in [2.45, 2.75) is 31.1 Å². The van der Waals surface area contributed by atoms with Crippen molar-refractivity contribution < 1.29 is 13.2 Å². The van der Waals surface area contributed by atoms with Crippen LogP contribution in [0.3, 0.4) is 0 Å². The zero-order valence-corrected chi connectivity index (χ0v) is 12.7. The molecule has 5 nitrogen and oxygen atoms in total. The highest BCUT2D eigenvalue weighted by Gasteiger charge is 2.32. The van der Waals surface area contributed by atoms with Crippen LogP contribution >= 0.6 is 11.6 Å². The van der Waals surface area contributed by atoms with Crippen LogP contribution in [0.15, 0.2) is 23.1 Å². The van der Waals surface area contributed by atoms with Crippen LogP contribution in [0.25, 0.3) is 0 Å². The van der Waals surface area contributed by atoms with Crippen molar-refractivity contribution in [2.75, 3.05) is 6.54 Å². The standard InChI is InChI=1S/C13H17ClN2O3S/c1-13(3-2-4-13)8-16-12(17)9-5-10(14)7-11(6-9)20(15,18)19/h5-7H,2-4,8H2,1H3,(H,16,17)(H2,15,18,19). The van der Waals surface area contributed by atoms with E-state index in [1.54, 1.807) is 0 Å². The fourth-order valence-corrected chi connectivity index (χ4v) is 3.09. The Balaban J connectivity index is 2.15. The van der Waals surface area contributed by atoms with Gasteiger partial charge in [-0.25, -0.2) is 13.6 Å². The van der Waals surface area contributed by atoms with Crippen molar-refractivity contribution >= 4 is 27.5 Å². The number of nitrogens with one attached hydrogen (secondary N) is 1. The Bertz CT molecular complexity index is 639. The Morgan fingerprint density at radius 2 is 2.05 bits per heavy atom. The van der Waals surface area contributed by atoms with E-state index in [0.29, 0.717) is 6.54 Å². The number of nitrogens with two attached hydrogens (primary N) is 1. The Labute approximate surface area is 123 Å². The molecule has 1 aromatic rings. The Kier molecular flexibility index (Phi) is 4.09. The molecule has 0 heterocycles. The van der Waals surface area contributed by atoms with Crippen molar-refractivity contribution in [1.82, 2.24) is 5.32 Å². The van der Waals surface area contributed by atoms with Gasteiger partial charge in [0.05, 0.1) is 4.90 Å². The third-order valence-corrected chi connectivity index (χ3v) is 4.81. The molecule has 110 valence electrons. The van der Waals surface area contributed by atoms with Gasteiger partial charge in [0.15, 0.2) is 0 Å². The number of carbonyl (C=O) groups excluding carboxylic acids is 1. The molecule has 1 aromatic carbocycles. The lowest BCUT2D eigenvalue weighted by atomic mass is 9.70. The molecule has 0 bridgehead atoms. The average Bonchev–Trinajstić information content (AvgIpc) is 2.31. The van der Waals surface area contributed by atoms with Crippen molar-refractivity contribution in [2.24, 2.45) is 10.6 Å². The van der Waals surface area contributed by atoms with Crippen LogP contribution in [-0.4, -0.2) is 20.9 Å². The van der Waals surface area contributed by atoms with Gasteiger partial charge in [0.2, 0.25) is 10.0 Å². The molecule has 1 saturated carbocycles. The number of benzene rings is 1. The first kappa shape index (κ1) is 15.3. The lowest BCUT2D eigenvalue weighted by Gasteiger charge is -2.38. The minimum Gasteiger partial charge on any atom is -0.351 e. The topological polar surface area (TPSA) is 89.3 Å². The first-order valence-corrected chi connectivity index (χ1v) is 8.24. The van der Waals surface area contributed by atoms with Crippen molar-refractivity contribution in [1.29, 1.82) is 0 Å². The zero-order chi connectivity index (χ0) is 15.0. The smallest absolute Gasteiger partial charge is 0.251 e. The third-order valence-electron chi connectivity index (χ3n) is 3.70. The summed E-state index contributed by atoms with van der Waals surface area (Å²) in [6.07, 6.45) is 3.36. The van der Waals surface area contributed by atoms with Crippen LogP contribution in [0.1, 0.15) is 36.5 Å². The van der Waals surface area contributed by atoms with Gasteiger partial charge in [0.1, 0.15) is 0 Å². The Morgan fingerprint density at radius 3 is 2.55 bits per heavy atom. The lowest BCUT2D eigenvalue weighted by molar-refractivity contribution is 0.0890. The molecule has 1 aliphatic rings. The van der Waals surface area contributed by atoms with Gasteiger partial charge in [-0.15, -0.1) is 0 Å². The summed E-state index contributed by atoms with van der Waals surface area (Å²) in [5, 5.41) is 8.03. The molecular weight excluding hydrogens is 300 g/mol. The van der Waals surface area contributed by atoms with Gasteiger partial charge in [-0.2, -0.15) is 0 Å². The summed E-state index contributed by atoms with van der Waals surface area (Å²) < 4.78 is 22.6. The van der Waals surface area contributed by atoms with Gasteiger partial charge >= 0.3 is 0 Å². The second-order valence-corrected chi connectivity index (χ2v) is 7.57.